The van der Waals surface area contributed by atoms with E-state index in [9.17, 15) is 0 Å². The smallest absolute Gasteiger partial charge is 0.822 e. The van der Waals surface area contributed by atoms with E-state index in [0.717, 1.165) is 0 Å². The van der Waals surface area contributed by atoms with Crippen LogP contribution in [-0.2, 0) is 9.13 Å². The Morgan fingerprint density at radius 2 is 0.480 bits per heavy atom. The molecule has 0 atom stereocenters. The Hall–Kier alpha value is 3.76. The molecule has 1 rings (SSSR count). The molecule has 25 heavy (non-hydrogen) atoms. The summed E-state index contributed by atoms with van der Waals surface area (Å²) in [5.74, 6) is 0. The molecule has 0 aliphatic heterocycles. The van der Waals surface area contributed by atoms with E-state index in [1.807, 2.05) is 0 Å². The molecule has 1 aliphatic rings. The minimum absolute atomic E-state index is 0. The molecule has 0 saturated heterocycles. The van der Waals surface area contributed by atoms with Crippen LogP contribution in [-0.4, -0.2) is 180 Å². The average Bonchev–Trinajstić information content (AvgIpc) is 2.27. The summed E-state index contributed by atoms with van der Waals surface area (Å²) in [5, 5.41) is 53.8. The summed E-state index contributed by atoms with van der Waals surface area (Å²) in [5.41, 5.74) is 0. The monoisotopic (exact) mass is 490 g/mol. The van der Waals surface area contributed by atoms with Gasteiger partial charge in [-0.15, -0.1) is 0 Å². The largest absolute Gasteiger partial charge is 2.00 e. The fourth-order valence-electron chi connectivity index (χ4n) is 1.21. The Morgan fingerprint density at radius 1 is 0.440 bits per heavy atom. The molecule has 0 radical (unpaired) electrons. The second-order valence-electron chi connectivity index (χ2n) is 3.84. The van der Waals surface area contributed by atoms with Gasteiger partial charge in [0.2, 0.25) is 0 Å². The molecule has 1 saturated carbocycles. The second kappa shape index (κ2) is 17.4. The molecule has 19 heteroatoms. The predicted octanol–water partition coefficient (Wildman–Crippen LogP) is -10.6. The molecular weight excluding hydrogens is 478 g/mol. The van der Waals surface area contributed by atoms with E-state index in [4.69, 9.17) is 69.1 Å². The van der Waals surface area contributed by atoms with Gasteiger partial charge in [0.05, 0.1) is 0 Å². The van der Waals surface area contributed by atoms with Crippen LogP contribution in [0.25, 0.3) is 0 Å². The number of rotatable bonds is 0. The Balaban J connectivity index is -0.0000000882. The van der Waals surface area contributed by atoms with E-state index >= 15 is 0 Å². The first kappa shape index (κ1) is 39.3. The zero-order valence-electron chi connectivity index (χ0n) is 12.4. The van der Waals surface area contributed by atoms with Crippen LogP contribution in [0.2, 0.25) is 0 Å². The molecule has 0 spiro atoms. The number of hydrogen-bond donors (Lipinski definition) is 6. The Bertz CT molecular complexity index is 320. The summed E-state index contributed by atoms with van der Waals surface area (Å²) in [6, 6.07) is 0. The molecule has 1 aliphatic carbocycles. The van der Waals surface area contributed by atoms with Gasteiger partial charge in [-0.3, -0.25) is 0 Å². The first-order chi connectivity index (χ1) is 9.46. The van der Waals surface area contributed by atoms with Crippen molar-refractivity contribution >= 4 is 129 Å². The maximum Gasteiger partial charge on any atom is 2.00 e. The fourth-order valence-corrected chi connectivity index (χ4v) is 1.21. The van der Waals surface area contributed by atoms with Crippen LogP contribution >= 0.6 is 15.6 Å². The van der Waals surface area contributed by atoms with Crippen molar-refractivity contribution in [3.63, 3.8) is 0 Å². The molecule has 0 aromatic carbocycles. The van der Waals surface area contributed by atoms with Gasteiger partial charge in [0.1, 0.15) is 36.6 Å². The number of hydrogen-bond acceptors (Lipinski definition) is 14. The zero-order valence-corrected chi connectivity index (χ0v) is 20.8. The number of aliphatic hydroxyl groups excluding tert-OH is 6. The molecule has 0 unspecified atom stereocenters. The molecule has 1 fully saturated rings. The number of phosphoric acid groups is 2. The van der Waals surface area contributed by atoms with Crippen molar-refractivity contribution in [2.45, 2.75) is 36.6 Å². The van der Waals surface area contributed by atoms with Crippen molar-refractivity contribution in [2.75, 3.05) is 0 Å². The normalized spacial score (nSPS) is 31.4. The van der Waals surface area contributed by atoms with Crippen molar-refractivity contribution in [2.24, 2.45) is 0 Å². The first-order valence-corrected chi connectivity index (χ1v) is 7.93. The maximum absolute atomic E-state index is 8.97. The molecule has 14 nitrogen and oxygen atoms in total. The van der Waals surface area contributed by atoms with Crippen LogP contribution in [0, 0.1) is 0 Å². The third-order valence-corrected chi connectivity index (χ3v) is 2.10. The summed E-state index contributed by atoms with van der Waals surface area (Å²) in [4.78, 5) is 51.3. The summed E-state index contributed by atoms with van der Waals surface area (Å²) >= 11 is 0. The van der Waals surface area contributed by atoms with Gasteiger partial charge >= 0.3 is 113 Å². The van der Waals surface area contributed by atoms with Crippen LogP contribution in [0.1, 0.15) is 0 Å². The Labute approximate surface area is 231 Å². The van der Waals surface area contributed by atoms with Crippen LogP contribution in [0.5, 0.6) is 0 Å². The van der Waals surface area contributed by atoms with Gasteiger partial charge < -0.3 is 69.1 Å². The van der Waals surface area contributed by atoms with E-state index in [1.165, 1.54) is 0 Å². The quantitative estimate of drug-likeness (QED) is 0.136. The first-order valence-electron chi connectivity index (χ1n) is 5.01. The standard InChI is InChI=1S/C6H12O6.3Ca.2H3O4P/c7-1-2(8)4(10)6(12)5(11)3(1)9;;;;2*1-5(2,3)4/h1-12H;;;;2*(H3,1,2,3,4)/q;3*+2;;/p-6. The van der Waals surface area contributed by atoms with Gasteiger partial charge in [0.25, 0.3) is 0 Å². The molecule has 0 heterocycles. The van der Waals surface area contributed by atoms with Crippen molar-refractivity contribution in [1.82, 2.24) is 0 Å². The van der Waals surface area contributed by atoms with Gasteiger partial charge in [0, 0.05) is 0 Å². The maximum atomic E-state index is 8.97. The topological polar surface area (TPSA) is 294 Å². The summed E-state index contributed by atoms with van der Waals surface area (Å²) in [6.07, 6.45) is -9.84. The molecule has 0 amide bonds. The van der Waals surface area contributed by atoms with Gasteiger partial charge in [-0.1, -0.05) is 0 Å². The van der Waals surface area contributed by atoms with Crippen LogP contribution in [0.3, 0.4) is 0 Å². The van der Waals surface area contributed by atoms with Crippen molar-refractivity contribution in [1.29, 1.82) is 0 Å². The van der Waals surface area contributed by atoms with E-state index < -0.39 is 52.3 Å². The van der Waals surface area contributed by atoms with Gasteiger partial charge in [-0.2, -0.15) is 15.6 Å². The van der Waals surface area contributed by atoms with E-state index in [0.29, 0.717) is 0 Å². The summed E-state index contributed by atoms with van der Waals surface area (Å²) < 4.78 is 17.1. The molecule has 0 aromatic rings. The third-order valence-electron chi connectivity index (χ3n) is 2.10. The summed E-state index contributed by atoms with van der Waals surface area (Å²) in [6.45, 7) is 0. The van der Waals surface area contributed by atoms with Gasteiger partial charge in [-0.05, 0) is 0 Å². The Kier molecular flexibility index (Phi) is 27.4. The molecule has 136 valence electrons. The van der Waals surface area contributed by atoms with Crippen molar-refractivity contribution < 1.29 is 69.1 Å². The number of aliphatic hydroxyl groups is 6. The SMILES string of the molecule is O=P([O-])([O-])[O-].O=P([O-])([O-])[O-].OC1C(O)C(O)C(O)C(O)C1O.[Ca+2].[Ca+2].[Ca+2]. The van der Waals surface area contributed by atoms with Crippen LogP contribution < -0.4 is 29.4 Å². The fraction of sp³-hybridized carbons (Fsp3) is 1.00. The molecular formula is C6H12Ca3O14P2. The predicted molar refractivity (Wildman–Crippen MR) is 68.5 cm³/mol. The van der Waals surface area contributed by atoms with Crippen molar-refractivity contribution in [3.8, 4) is 0 Å². The molecule has 0 bridgehead atoms. The second-order valence-corrected chi connectivity index (χ2v) is 5.63. The van der Waals surface area contributed by atoms with Crippen molar-refractivity contribution in [3.05, 3.63) is 0 Å². The molecule has 0 aromatic heterocycles. The van der Waals surface area contributed by atoms with Crippen LogP contribution in [0.15, 0.2) is 0 Å². The van der Waals surface area contributed by atoms with E-state index in [2.05, 4.69) is 0 Å². The van der Waals surface area contributed by atoms with E-state index in [-0.39, 0.29) is 113 Å². The molecule has 6 N–H and O–H groups in total. The Morgan fingerprint density at radius 3 is 0.520 bits per heavy atom. The zero-order chi connectivity index (χ0) is 18.5. The summed E-state index contributed by atoms with van der Waals surface area (Å²) in [7, 11) is -10.8. The minimum Gasteiger partial charge on any atom is -0.822 e. The van der Waals surface area contributed by atoms with Gasteiger partial charge in [-0.25, -0.2) is 0 Å². The average molecular weight is 490 g/mol. The minimum atomic E-state index is -5.39. The van der Waals surface area contributed by atoms with Gasteiger partial charge in [0.15, 0.2) is 0 Å². The van der Waals surface area contributed by atoms with E-state index in [1.54, 1.807) is 0 Å². The van der Waals surface area contributed by atoms with Crippen LogP contribution in [0.4, 0.5) is 0 Å². The third kappa shape index (κ3) is 23.9.